The largest absolute Gasteiger partial charge is 0.457 e. The Morgan fingerprint density at radius 2 is 1.83 bits per heavy atom. The molecular formula is C21H25ClF2N2O3. The highest BCUT2D eigenvalue weighted by Crippen LogP contribution is 2.24. The van der Waals surface area contributed by atoms with E-state index in [1.807, 2.05) is 38.8 Å². The summed E-state index contributed by atoms with van der Waals surface area (Å²) in [5.41, 5.74) is 3.57. The van der Waals surface area contributed by atoms with E-state index in [0.717, 1.165) is 23.4 Å². The van der Waals surface area contributed by atoms with E-state index in [1.54, 1.807) is 24.5 Å². The van der Waals surface area contributed by atoms with Crippen LogP contribution in [0.4, 0.5) is 14.5 Å². The molecule has 0 N–H and O–H groups in total. The van der Waals surface area contributed by atoms with Gasteiger partial charge in [0.05, 0.1) is 17.6 Å². The van der Waals surface area contributed by atoms with Gasteiger partial charge in [0.15, 0.2) is 0 Å². The van der Waals surface area contributed by atoms with E-state index in [1.165, 1.54) is 12.1 Å². The summed E-state index contributed by atoms with van der Waals surface area (Å²) >= 11 is 0. The van der Waals surface area contributed by atoms with E-state index in [9.17, 15) is 13.6 Å². The summed E-state index contributed by atoms with van der Waals surface area (Å²) in [6.07, 6.45) is 1.75. The van der Waals surface area contributed by atoms with Crippen molar-refractivity contribution in [3.63, 3.8) is 0 Å². The van der Waals surface area contributed by atoms with Gasteiger partial charge in [0.1, 0.15) is 12.4 Å². The lowest BCUT2D eigenvalue weighted by molar-refractivity contribution is -0.0498. The number of aryl methyl sites for hydroxylation is 2. The van der Waals surface area contributed by atoms with Crippen molar-refractivity contribution in [2.75, 3.05) is 13.6 Å². The summed E-state index contributed by atoms with van der Waals surface area (Å²) in [5, 5.41) is 0. The van der Waals surface area contributed by atoms with Crippen molar-refractivity contribution in [2.24, 2.45) is 4.99 Å². The van der Waals surface area contributed by atoms with Gasteiger partial charge in [-0.2, -0.15) is 8.78 Å². The third-order valence-electron chi connectivity index (χ3n) is 4.17. The van der Waals surface area contributed by atoms with Crippen LogP contribution in [0.3, 0.4) is 0 Å². The van der Waals surface area contributed by atoms with Crippen LogP contribution < -0.4 is 4.74 Å². The molecule has 29 heavy (non-hydrogen) atoms. The smallest absolute Gasteiger partial charge is 0.387 e. The molecule has 8 heteroatoms. The number of hydrogen-bond acceptors (Lipinski definition) is 4. The fourth-order valence-electron chi connectivity index (χ4n) is 2.40. The molecule has 0 aliphatic rings. The Morgan fingerprint density at radius 3 is 2.41 bits per heavy atom. The number of carbonyl (C=O) groups is 1. The summed E-state index contributed by atoms with van der Waals surface area (Å²) in [7, 11) is 1.93. The first-order chi connectivity index (χ1) is 13.3. The van der Waals surface area contributed by atoms with E-state index >= 15 is 0 Å². The second-order valence-corrected chi connectivity index (χ2v) is 6.37. The van der Waals surface area contributed by atoms with E-state index in [2.05, 4.69) is 9.73 Å². The Hall–Kier alpha value is -2.67. The highest BCUT2D eigenvalue weighted by atomic mass is 35.5. The summed E-state index contributed by atoms with van der Waals surface area (Å²) < 4.78 is 34.0. The minimum atomic E-state index is -2.87. The molecule has 2 aromatic rings. The van der Waals surface area contributed by atoms with Gasteiger partial charge in [-0.3, -0.25) is 0 Å². The molecule has 0 atom stereocenters. The fraction of sp³-hybridized carbons (Fsp3) is 0.333. The van der Waals surface area contributed by atoms with Crippen LogP contribution in [0.1, 0.15) is 34.0 Å². The molecule has 0 saturated heterocycles. The summed E-state index contributed by atoms with van der Waals surface area (Å²) in [6, 6.07) is 9.57. The molecule has 0 aliphatic heterocycles. The fourth-order valence-corrected chi connectivity index (χ4v) is 2.40. The SMILES string of the molecule is CCN(C)C=Nc1cc(C)c(C(=O)OCc2ccc(OC(F)F)cc2)cc1C.Cl. The zero-order chi connectivity index (χ0) is 20.7. The normalized spacial score (nSPS) is 10.7. The van der Waals surface area contributed by atoms with Gasteiger partial charge in [-0.05, 0) is 61.7 Å². The van der Waals surface area contributed by atoms with Crippen LogP contribution in [-0.4, -0.2) is 37.4 Å². The Morgan fingerprint density at radius 1 is 1.17 bits per heavy atom. The Bertz CT molecular complexity index is 843. The van der Waals surface area contributed by atoms with Crippen LogP contribution >= 0.6 is 12.4 Å². The zero-order valence-electron chi connectivity index (χ0n) is 16.8. The molecule has 0 bridgehead atoms. The maximum Gasteiger partial charge on any atom is 0.387 e. The first-order valence-corrected chi connectivity index (χ1v) is 8.86. The average Bonchev–Trinajstić information content (AvgIpc) is 2.66. The van der Waals surface area contributed by atoms with Gasteiger partial charge in [-0.15, -0.1) is 12.4 Å². The van der Waals surface area contributed by atoms with Crippen LogP contribution in [-0.2, 0) is 11.3 Å². The Balaban J connectivity index is 0.00000420. The van der Waals surface area contributed by atoms with Gasteiger partial charge in [0.25, 0.3) is 0 Å². The highest BCUT2D eigenvalue weighted by Gasteiger charge is 2.13. The molecular weight excluding hydrogens is 402 g/mol. The third-order valence-corrected chi connectivity index (χ3v) is 4.17. The van der Waals surface area contributed by atoms with Crippen molar-refractivity contribution >= 4 is 30.4 Å². The molecule has 2 aromatic carbocycles. The summed E-state index contributed by atoms with van der Waals surface area (Å²) in [6.45, 7) is 3.76. The van der Waals surface area contributed by atoms with E-state index in [4.69, 9.17) is 4.74 Å². The van der Waals surface area contributed by atoms with Crippen molar-refractivity contribution in [3.05, 3.63) is 58.7 Å². The van der Waals surface area contributed by atoms with Crippen LogP contribution in [0.5, 0.6) is 5.75 Å². The maximum atomic E-state index is 12.4. The lowest BCUT2D eigenvalue weighted by atomic mass is 10.0. The number of alkyl halides is 2. The number of carbonyl (C=O) groups excluding carboxylic acids is 1. The molecule has 158 valence electrons. The Kier molecular flexibility index (Phi) is 9.55. The molecule has 0 unspecified atom stereocenters. The second kappa shape index (κ2) is 11.4. The topological polar surface area (TPSA) is 51.1 Å². The number of esters is 1. The Labute approximate surface area is 175 Å². The first-order valence-electron chi connectivity index (χ1n) is 8.86. The number of halogens is 3. The van der Waals surface area contributed by atoms with Crippen molar-refractivity contribution in [1.29, 1.82) is 0 Å². The van der Waals surface area contributed by atoms with Crippen LogP contribution in [0, 0.1) is 13.8 Å². The van der Waals surface area contributed by atoms with E-state index in [-0.39, 0.29) is 24.8 Å². The predicted molar refractivity (Wildman–Crippen MR) is 112 cm³/mol. The molecule has 0 aromatic heterocycles. The molecule has 2 rings (SSSR count). The van der Waals surface area contributed by atoms with Crippen LogP contribution in [0.2, 0.25) is 0 Å². The van der Waals surface area contributed by atoms with Crippen molar-refractivity contribution in [1.82, 2.24) is 4.90 Å². The van der Waals surface area contributed by atoms with Gasteiger partial charge < -0.3 is 14.4 Å². The summed E-state index contributed by atoms with van der Waals surface area (Å²) in [4.78, 5) is 18.8. The number of benzene rings is 2. The van der Waals surface area contributed by atoms with Crippen LogP contribution in [0.15, 0.2) is 41.4 Å². The lowest BCUT2D eigenvalue weighted by Crippen LogP contribution is -2.14. The monoisotopic (exact) mass is 426 g/mol. The van der Waals surface area contributed by atoms with E-state index in [0.29, 0.717) is 11.1 Å². The highest BCUT2D eigenvalue weighted by molar-refractivity contribution is 5.92. The molecule has 5 nitrogen and oxygen atoms in total. The molecule has 0 fully saturated rings. The van der Waals surface area contributed by atoms with Gasteiger partial charge in [0, 0.05) is 13.6 Å². The molecule has 0 aliphatic carbocycles. The number of hydrogen-bond donors (Lipinski definition) is 0. The minimum absolute atomic E-state index is 0. The molecule has 0 radical (unpaired) electrons. The van der Waals surface area contributed by atoms with E-state index < -0.39 is 12.6 Å². The molecule has 0 spiro atoms. The molecule has 0 amide bonds. The second-order valence-electron chi connectivity index (χ2n) is 6.37. The standard InChI is InChI=1S/C21H24F2N2O3.ClH/c1-5-25(4)13-24-19-11-14(2)18(10-15(19)3)20(26)27-12-16-6-8-17(9-7-16)28-21(22)23;/h6-11,13,21H,5,12H2,1-4H3;1H. The average molecular weight is 427 g/mol. The number of ether oxygens (including phenoxy) is 2. The molecule has 0 heterocycles. The quantitative estimate of drug-likeness (QED) is 0.326. The lowest BCUT2D eigenvalue weighted by Gasteiger charge is -2.12. The minimum Gasteiger partial charge on any atom is -0.457 e. The number of nitrogens with zero attached hydrogens (tertiary/aromatic N) is 2. The van der Waals surface area contributed by atoms with Gasteiger partial charge in [0.2, 0.25) is 0 Å². The molecule has 0 saturated carbocycles. The van der Waals surface area contributed by atoms with Gasteiger partial charge >= 0.3 is 12.6 Å². The predicted octanol–water partition coefficient (Wildman–Crippen LogP) is 5.30. The van der Waals surface area contributed by atoms with Crippen molar-refractivity contribution < 1.29 is 23.0 Å². The first kappa shape index (κ1) is 24.4. The maximum absolute atomic E-state index is 12.4. The summed E-state index contributed by atoms with van der Waals surface area (Å²) in [5.74, 6) is -0.392. The van der Waals surface area contributed by atoms with Crippen molar-refractivity contribution in [3.8, 4) is 5.75 Å². The third kappa shape index (κ3) is 7.34. The number of rotatable bonds is 8. The van der Waals surface area contributed by atoms with Gasteiger partial charge in [-0.1, -0.05) is 12.1 Å². The van der Waals surface area contributed by atoms with Crippen LogP contribution in [0.25, 0.3) is 0 Å². The van der Waals surface area contributed by atoms with Gasteiger partial charge in [-0.25, -0.2) is 9.79 Å². The zero-order valence-corrected chi connectivity index (χ0v) is 17.6. The van der Waals surface area contributed by atoms with Crippen molar-refractivity contribution in [2.45, 2.75) is 34.0 Å². The number of aliphatic imine (C=N–C) groups is 1.